The number of ether oxygens (including phenoxy) is 3. The number of likely N-dealkylation sites (N-methyl/N-ethyl adjacent to an activating group) is 1. The van der Waals surface area contributed by atoms with Gasteiger partial charge in [-0.3, -0.25) is 19.3 Å². The van der Waals surface area contributed by atoms with Crippen LogP contribution in [-0.2, 0) is 45.2 Å². The molecular weight excluding hydrogens is 1040 g/mol. The molecule has 1 N–H and O–H groups in total. The van der Waals surface area contributed by atoms with Crippen LogP contribution < -0.4 is 14.8 Å². The van der Waals surface area contributed by atoms with Crippen molar-refractivity contribution < 1.29 is 33.4 Å². The number of likely N-dealkylation sites (tertiary alicyclic amines) is 4. The average molecular weight is 1120 g/mol. The fourth-order valence-electron chi connectivity index (χ4n) is 12.9. The molecule has 0 saturated carbocycles. The maximum Gasteiger partial charge on any atom is 0.411 e. The van der Waals surface area contributed by atoms with Crippen LogP contribution in [-0.4, -0.2) is 143 Å². The average Bonchev–Trinajstić information content (AvgIpc) is 4.29. The number of rotatable bonds is 13. The lowest BCUT2D eigenvalue weighted by Crippen LogP contribution is -2.53. The van der Waals surface area contributed by atoms with E-state index in [0.717, 1.165) is 102 Å². The molecule has 0 aliphatic carbocycles. The van der Waals surface area contributed by atoms with Gasteiger partial charge in [-0.15, -0.1) is 12.4 Å². The highest BCUT2D eigenvalue weighted by molar-refractivity contribution is 5.92. The fourth-order valence-corrected chi connectivity index (χ4v) is 12.9. The van der Waals surface area contributed by atoms with Crippen molar-refractivity contribution in [3.8, 4) is 11.5 Å². The largest absolute Gasteiger partial charge is 0.489 e. The number of carbonyl (C=O) groups is 4. The second kappa shape index (κ2) is 27.5. The zero-order valence-corrected chi connectivity index (χ0v) is 48.8. The standard InChI is InChI=1S/C35H42N4O3.C31H41N3O4.ClH/c1-36-32(27-12-6-3-7-13-27)34(40)39-23-16-28-24-30(42-25-26-10-4-2-5-11-26)14-15-31(28)33(39)35(41)38-21-17-29(18-22-38)37-19-8-9-20-37;1-31(2,3)38-30(36)34-20-13-24-21-26(37-22-23-9-5-4-6-10-23)11-12-27(24)28(34)29(35)33-18-14-25(15-19-33)32-16-7-8-17-32;/h2-7,10-15,24,29,32-33,36H,8-9,16-23,25H2,1H3;4-6,9-12,21,25,28H,7-8,13-20,22H2,1-3H3;1H. The van der Waals surface area contributed by atoms with Gasteiger partial charge in [-0.05, 0) is 181 Å². The summed E-state index contributed by atoms with van der Waals surface area (Å²) in [5, 5.41) is 3.22. The summed E-state index contributed by atoms with van der Waals surface area (Å²) in [4.78, 5) is 68.4. The Morgan fingerprint density at radius 1 is 0.531 bits per heavy atom. The summed E-state index contributed by atoms with van der Waals surface area (Å²) in [5.74, 6) is 1.52. The third-order valence-corrected chi connectivity index (χ3v) is 17.1. The zero-order valence-electron chi connectivity index (χ0n) is 48.0. The Balaban J connectivity index is 0.000000194. The van der Waals surface area contributed by atoms with Crippen LogP contribution in [0.2, 0.25) is 0 Å². The monoisotopic (exact) mass is 1120 g/mol. The van der Waals surface area contributed by atoms with Gasteiger partial charge >= 0.3 is 6.09 Å². The van der Waals surface area contributed by atoms with Crippen LogP contribution in [0.5, 0.6) is 11.5 Å². The molecule has 4 amide bonds. The molecule has 6 aliphatic rings. The molecule has 5 aromatic carbocycles. The molecule has 0 aromatic heterocycles. The van der Waals surface area contributed by atoms with Crippen molar-refractivity contribution in [1.82, 2.24) is 34.7 Å². The van der Waals surface area contributed by atoms with Crippen molar-refractivity contribution >= 4 is 36.2 Å². The van der Waals surface area contributed by atoms with Gasteiger partial charge in [0.15, 0.2) is 0 Å². The summed E-state index contributed by atoms with van der Waals surface area (Å²) < 4.78 is 17.9. The van der Waals surface area contributed by atoms with Gasteiger partial charge in [-0.2, -0.15) is 0 Å². The number of halogens is 1. The summed E-state index contributed by atoms with van der Waals surface area (Å²) in [6.07, 6.45) is 9.98. The third kappa shape index (κ3) is 14.6. The van der Waals surface area contributed by atoms with Crippen molar-refractivity contribution in [1.29, 1.82) is 0 Å². The van der Waals surface area contributed by atoms with E-state index in [4.69, 9.17) is 14.2 Å². The molecule has 4 saturated heterocycles. The summed E-state index contributed by atoms with van der Waals surface area (Å²) in [6.45, 7) is 15.1. The maximum atomic E-state index is 14.4. The molecule has 6 heterocycles. The minimum atomic E-state index is -0.680. The molecule has 11 rings (SSSR count). The summed E-state index contributed by atoms with van der Waals surface area (Å²) in [7, 11) is 1.81. The molecule has 6 aliphatic heterocycles. The maximum absolute atomic E-state index is 14.4. The van der Waals surface area contributed by atoms with E-state index in [1.165, 1.54) is 51.9 Å². The van der Waals surface area contributed by atoms with Crippen molar-refractivity contribution in [3.63, 3.8) is 0 Å². The lowest BCUT2D eigenvalue weighted by molar-refractivity contribution is -0.149. The zero-order chi connectivity index (χ0) is 55.6. The minimum absolute atomic E-state index is 0. The number of hydrogen-bond acceptors (Lipinski definition) is 10. The lowest BCUT2D eigenvalue weighted by atomic mass is 9.89. The highest BCUT2D eigenvalue weighted by Crippen LogP contribution is 2.39. The Kier molecular flexibility index (Phi) is 20.1. The molecule has 4 fully saturated rings. The van der Waals surface area contributed by atoms with Crippen molar-refractivity contribution in [3.05, 3.63) is 166 Å². The molecule has 5 aromatic rings. The van der Waals surface area contributed by atoms with Crippen LogP contribution in [0.3, 0.4) is 0 Å². The second-order valence-electron chi connectivity index (χ2n) is 23.5. The van der Waals surface area contributed by atoms with E-state index in [2.05, 4.69) is 33.3 Å². The van der Waals surface area contributed by atoms with E-state index in [9.17, 15) is 19.2 Å². The van der Waals surface area contributed by atoms with E-state index in [1.807, 2.05) is 152 Å². The van der Waals surface area contributed by atoms with Gasteiger partial charge in [0.25, 0.3) is 0 Å². The first-order valence-corrected chi connectivity index (χ1v) is 29.6. The number of piperidine rings is 2. The number of fused-ring (bicyclic) bond motifs is 2. The van der Waals surface area contributed by atoms with Gasteiger partial charge in [0.2, 0.25) is 17.7 Å². The highest BCUT2D eigenvalue weighted by Gasteiger charge is 2.44. The predicted octanol–water partition coefficient (Wildman–Crippen LogP) is 10.3. The van der Waals surface area contributed by atoms with Gasteiger partial charge in [-0.1, -0.05) is 103 Å². The molecule has 3 atom stereocenters. The van der Waals surface area contributed by atoms with Gasteiger partial charge in [0.05, 0.1) is 0 Å². The fraction of sp³-hybridized carbons (Fsp3) is 0.485. The first-order valence-electron chi connectivity index (χ1n) is 29.6. The second-order valence-corrected chi connectivity index (χ2v) is 23.5. The van der Waals surface area contributed by atoms with Gasteiger partial charge in [-0.25, -0.2) is 4.79 Å². The summed E-state index contributed by atoms with van der Waals surface area (Å²) in [6, 6.07) is 41.2. The van der Waals surface area contributed by atoms with Crippen molar-refractivity contribution in [2.24, 2.45) is 0 Å². The Bertz CT molecular complexity index is 2860. The number of nitrogens with one attached hydrogen (secondary N) is 1. The Labute approximate surface area is 486 Å². The minimum Gasteiger partial charge on any atom is -0.489 e. The Morgan fingerprint density at radius 2 is 0.938 bits per heavy atom. The summed E-state index contributed by atoms with van der Waals surface area (Å²) in [5.41, 5.74) is 6.41. The van der Waals surface area contributed by atoms with Crippen molar-refractivity contribution in [2.45, 2.75) is 134 Å². The van der Waals surface area contributed by atoms with Crippen LogP contribution in [0.4, 0.5) is 4.79 Å². The predicted molar refractivity (Wildman–Crippen MR) is 318 cm³/mol. The number of amides is 4. The van der Waals surface area contributed by atoms with E-state index < -0.39 is 29.8 Å². The molecule has 81 heavy (non-hydrogen) atoms. The molecule has 0 spiro atoms. The third-order valence-electron chi connectivity index (χ3n) is 17.1. The van der Waals surface area contributed by atoms with Crippen molar-refractivity contribution in [2.75, 3.05) is 72.5 Å². The van der Waals surface area contributed by atoms with E-state index in [-0.39, 0.29) is 30.1 Å². The molecule has 0 bridgehead atoms. The lowest BCUT2D eigenvalue weighted by Gasteiger charge is -2.43. The summed E-state index contributed by atoms with van der Waals surface area (Å²) >= 11 is 0. The molecule has 15 heteroatoms. The van der Waals surface area contributed by atoms with Crippen LogP contribution in [0.15, 0.2) is 127 Å². The Morgan fingerprint density at radius 3 is 1.36 bits per heavy atom. The van der Waals surface area contributed by atoms with E-state index in [1.54, 1.807) is 4.90 Å². The smallest absolute Gasteiger partial charge is 0.411 e. The molecule has 0 radical (unpaired) electrons. The quantitative estimate of drug-likeness (QED) is 0.122. The SMILES string of the molecule is CC(C)(C)OC(=O)N1CCc2cc(OCc3ccccc3)ccc2C1C(=O)N1CCC(N2CCCC2)CC1.CNC(C(=O)N1CCc2cc(OCc3ccccc3)ccc2C1C(=O)N1CCC(N2CCCC2)CC1)c1ccccc1.Cl. The van der Waals surface area contributed by atoms with Crippen LogP contribution in [0, 0.1) is 0 Å². The Hall–Kier alpha value is -6.45. The highest BCUT2D eigenvalue weighted by atomic mass is 35.5. The molecular formula is C66H84ClN7O7. The number of hydrogen-bond donors (Lipinski definition) is 1. The van der Waals surface area contributed by atoms with Gasteiger partial charge in [0.1, 0.15) is 48.4 Å². The van der Waals surface area contributed by atoms with E-state index in [0.29, 0.717) is 51.2 Å². The van der Waals surface area contributed by atoms with E-state index >= 15 is 0 Å². The van der Waals surface area contributed by atoms with Gasteiger partial charge in [0, 0.05) is 51.4 Å². The van der Waals surface area contributed by atoms with Crippen LogP contribution in [0.1, 0.15) is 129 Å². The number of benzene rings is 5. The topological polar surface area (TPSA) is 127 Å². The normalized spacial score (nSPS) is 20.2. The first-order chi connectivity index (χ1) is 38.9. The first kappa shape index (κ1) is 59.2. The number of nitrogens with zero attached hydrogens (tertiary/aromatic N) is 6. The van der Waals surface area contributed by atoms with Crippen LogP contribution >= 0.6 is 12.4 Å². The van der Waals surface area contributed by atoms with Gasteiger partial charge < -0.3 is 44.0 Å². The molecule has 3 unspecified atom stereocenters. The molecule has 14 nitrogen and oxygen atoms in total. The van der Waals surface area contributed by atoms with Crippen LogP contribution in [0.25, 0.3) is 0 Å². The number of carbonyl (C=O) groups excluding carboxylic acids is 4. The molecule has 432 valence electrons.